The molecule has 0 spiro atoms. The normalized spacial score (nSPS) is 14.2. The fourth-order valence-electron chi connectivity index (χ4n) is 3.73. The van der Waals surface area contributed by atoms with Gasteiger partial charge in [-0.1, -0.05) is 24.3 Å². The van der Waals surface area contributed by atoms with E-state index in [9.17, 15) is 4.79 Å². The zero-order chi connectivity index (χ0) is 23.0. The molecular weight excluding hydrogens is 434 g/mol. The number of aryl methyl sites for hydroxylation is 2. The molecule has 4 rings (SSSR count). The van der Waals surface area contributed by atoms with E-state index in [2.05, 4.69) is 30.9 Å². The topological polar surface area (TPSA) is 54.9 Å². The highest BCUT2D eigenvalue weighted by molar-refractivity contribution is 7.09. The molecule has 33 heavy (non-hydrogen) atoms. The number of carbonyl (C=O) groups excluding carboxylic acids is 1. The number of thiazole rings is 1. The van der Waals surface area contributed by atoms with Crippen molar-refractivity contribution in [1.82, 2.24) is 14.8 Å². The zero-order valence-electron chi connectivity index (χ0n) is 19.3. The molecule has 1 aliphatic heterocycles. The molecule has 174 valence electrons. The van der Waals surface area contributed by atoms with E-state index in [1.807, 2.05) is 46.7 Å². The predicted octanol–water partition coefficient (Wildman–Crippen LogP) is 4.31. The number of morpholine rings is 1. The van der Waals surface area contributed by atoms with Crippen molar-refractivity contribution in [2.24, 2.45) is 0 Å². The fourth-order valence-corrected chi connectivity index (χ4v) is 4.43. The van der Waals surface area contributed by atoms with E-state index in [1.165, 1.54) is 11.1 Å². The van der Waals surface area contributed by atoms with Crippen LogP contribution in [0.2, 0.25) is 0 Å². The molecule has 7 heteroatoms. The number of aromatic nitrogens is 1. The summed E-state index contributed by atoms with van der Waals surface area (Å²) in [5.41, 5.74) is 4.06. The van der Waals surface area contributed by atoms with Crippen LogP contribution in [0.3, 0.4) is 0 Å². The quantitative estimate of drug-likeness (QED) is 0.471. The highest BCUT2D eigenvalue weighted by Gasteiger charge is 2.19. The molecule has 0 bridgehead atoms. The number of nitrogens with zero attached hydrogens (tertiary/aromatic N) is 3. The first kappa shape index (κ1) is 23.4. The van der Waals surface area contributed by atoms with Crippen LogP contribution in [-0.2, 0) is 17.9 Å². The standard InChI is InChI=1S/C26H31N3O3S/c1-20-8-9-24(16-21(20)2)32-18-25-27-23(19-33-25)17-29(11-10-28-12-14-31-15-13-28)26(30)22-6-4-3-5-7-22/h3-9,16,19H,10-15,17-18H2,1-2H3. The molecule has 0 aliphatic carbocycles. The Hall–Kier alpha value is -2.74. The van der Waals surface area contributed by atoms with Crippen LogP contribution >= 0.6 is 11.3 Å². The van der Waals surface area contributed by atoms with Gasteiger partial charge in [0.15, 0.2) is 0 Å². The predicted molar refractivity (Wildman–Crippen MR) is 131 cm³/mol. The van der Waals surface area contributed by atoms with Crippen LogP contribution in [0.4, 0.5) is 0 Å². The molecule has 0 unspecified atom stereocenters. The maximum absolute atomic E-state index is 13.2. The zero-order valence-corrected chi connectivity index (χ0v) is 20.1. The van der Waals surface area contributed by atoms with Gasteiger partial charge < -0.3 is 14.4 Å². The molecule has 6 nitrogen and oxygen atoms in total. The average molecular weight is 466 g/mol. The highest BCUT2D eigenvalue weighted by atomic mass is 32.1. The number of hydrogen-bond donors (Lipinski definition) is 0. The van der Waals surface area contributed by atoms with Gasteiger partial charge in [-0.3, -0.25) is 9.69 Å². The molecule has 0 radical (unpaired) electrons. The SMILES string of the molecule is Cc1ccc(OCc2nc(CN(CCN3CCOCC3)C(=O)c3ccccc3)cs2)cc1C. The summed E-state index contributed by atoms with van der Waals surface area (Å²) < 4.78 is 11.4. The lowest BCUT2D eigenvalue weighted by Crippen LogP contribution is -2.43. The van der Waals surface area contributed by atoms with E-state index < -0.39 is 0 Å². The Kier molecular flexibility index (Phi) is 8.10. The first-order valence-corrected chi connectivity index (χ1v) is 12.2. The molecule has 1 aromatic heterocycles. The molecule has 0 N–H and O–H groups in total. The summed E-state index contributed by atoms with van der Waals surface area (Å²) in [6.07, 6.45) is 0. The van der Waals surface area contributed by atoms with Crippen molar-refractivity contribution in [3.63, 3.8) is 0 Å². The molecule has 0 saturated carbocycles. The molecule has 0 atom stereocenters. The van der Waals surface area contributed by atoms with Gasteiger partial charge >= 0.3 is 0 Å². The highest BCUT2D eigenvalue weighted by Crippen LogP contribution is 2.20. The van der Waals surface area contributed by atoms with Crippen LogP contribution in [-0.4, -0.2) is 60.1 Å². The summed E-state index contributed by atoms with van der Waals surface area (Å²) in [5, 5.41) is 2.93. The van der Waals surface area contributed by atoms with Crippen LogP contribution in [0.15, 0.2) is 53.9 Å². The Labute approximate surface area is 199 Å². The third-order valence-corrected chi connectivity index (χ3v) is 6.76. The van der Waals surface area contributed by atoms with Gasteiger partial charge in [-0.15, -0.1) is 11.3 Å². The Bertz CT molecular complexity index is 1050. The van der Waals surface area contributed by atoms with Crippen LogP contribution in [0.25, 0.3) is 0 Å². The third kappa shape index (κ3) is 6.63. The molecule has 1 amide bonds. The summed E-state index contributed by atoms with van der Waals surface area (Å²) in [7, 11) is 0. The van der Waals surface area contributed by atoms with Crippen molar-refractivity contribution in [2.45, 2.75) is 27.0 Å². The number of rotatable bonds is 9. The van der Waals surface area contributed by atoms with Gasteiger partial charge in [0.1, 0.15) is 17.4 Å². The second-order valence-electron chi connectivity index (χ2n) is 8.31. The van der Waals surface area contributed by atoms with Gasteiger partial charge in [-0.25, -0.2) is 4.98 Å². The van der Waals surface area contributed by atoms with Crippen molar-refractivity contribution < 1.29 is 14.3 Å². The maximum Gasteiger partial charge on any atom is 0.254 e. The summed E-state index contributed by atoms with van der Waals surface area (Å²) in [6.45, 7) is 9.88. The molecule has 3 aromatic rings. The lowest BCUT2D eigenvalue weighted by molar-refractivity contribution is 0.0319. The summed E-state index contributed by atoms with van der Waals surface area (Å²) >= 11 is 1.57. The molecule has 2 heterocycles. The Morgan fingerprint density at radius 1 is 1.12 bits per heavy atom. The summed E-state index contributed by atoms with van der Waals surface area (Å²) in [4.78, 5) is 22.2. The van der Waals surface area contributed by atoms with E-state index in [1.54, 1.807) is 11.3 Å². The largest absolute Gasteiger partial charge is 0.486 e. The van der Waals surface area contributed by atoms with Crippen molar-refractivity contribution in [3.8, 4) is 5.75 Å². The van der Waals surface area contributed by atoms with Crippen LogP contribution in [0.5, 0.6) is 5.75 Å². The lowest BCUT2D eigenvalue weighted by Gasteiger charge is -2.30. The van der Waals surface area contributed by atoms with Gasteiger partial charge in [0.2, 0.25) is 0 Å². The van der Waals surface area contributed by atoms with Gasteiger partial charge in [-0.2, -0.15) is 0 Å². The van der Waals surface area contributed by atoms with E-state index >= 15 is 0 Å². The summed E-state index contributed by atoms with van der Waals surface area (Å²) in [6, 6.07) is 15.6. The van der Waals surface area contributed by atoms with Crippen molar-refractivity contribution in [2.75, 3.05) is 39.4 Å². The van der Waals surface area contributed by atoms with Gasteiger partial charge in [-0.05, 0) is 49.2 Å². The van der Waals surface area contributed by atoms with E-state index in [0.717, 1.165) is 49.3 Å². The molecular formula is C26H31N3O3S. The van der Waals surface area contributed by atoms with E-state index in [-0.39, 0.29) is 5.91 Å². The monoisotopic (exact) mass is 465 g/mol. The number of hydrogen-bond acceptors (Lipinski definition) is 6. The lowest BCUT2D eigenvalue weighted by atomic mass is 10.1. The minimum atomic E-state index is 0.0322. The van der Waals surface area contributed by atoms with Gasteiger partial charge in [0.05, 0.1) is 25.5 Å². The van der Waals surface area contributed by atoms with Crippen molar-refractivity contribution >= 4 is 17.2 Å². The minimum absolute atomic E-state index is 0.0322. The third-order valence-electron chi connectivity index (χ3n) is 5.89. The second kappa shape index (κ2) is 11.4. The number of ether oxygens (including phenoxy) is 2. The molecule has 2 aromatic carbocycles. The molecule has 1 saturated heterocycles. The first-order chi connectivity index (χ1) is 16.1. The Morgan fingerprint density at radius 3 is 2.67 bits per heavy atom. The van der Waals surface area contributed by atoms with Crippen molar-refractivity contribution in [3.05, 3.63) is 81.3 Å². The fraction of sp³-hybridized carbons (Fsp3) is 0.385. The van der Waals surface area contributed by atoms with E-state index in [0.29, 0.717) is 25.3 Å². The Balaban J connectivity index is 1.40. The Morgan fingerprint density at radius 2 is 1.91 bits per heavy atom. The van der Waals surface area contributed by atoms with Gasteiger partial charge in [0.25, 0.3) is 5.91 Å². The number of benzene rings is 2. The number of amides is 1. The summed E-state index contributed by atoms with van der Waals surface area (Å²) in [5.74, 6) is 0.881. The van der Waals surface area contributed by atoms with Gasteiger partial charge in [0, 0.05) is 37.1 Å². The maximum atomic E-state index is 13.2. The minimum Gasteiger partial charge on any atom is -0.486 e. The second-order valence-corrected chi connectivity index (χ2v) is 9.26. The average Bonchev–Trinajstić information content (AvgIpc) is 3.30. The first-order valence-electron chi connectivity index (χ1n) is 11.4. The molecule has 1 aliphatic rings. The molecule has 1 fully saturated rings. The smallest absolute Gasteiger partial charge is 0.254 e. The van der Waals surface area contributed by atoms with Crippen LogP contribution in [0.1, 0.15) is 32.2 Å². The van der Waals surface area contributed by atoms with Crippen LogP contribution < -0.4 is 4.74 Å². The van der Waals surface area contributed by atoms with Crippen LogP contribution in [0, 0.1) is 13.8 Å². The van der Waals surface area contributed by atoms with E-state index in [4.69, 9.17) is 14.5 Å². The van der Waals surface area contributed by atoms with Crippen molar-refractivity contribution in [1.29, 1.82) is 0 Å². The number of carbonyl (C=O) groups is 1.